The van der Waals surface area contributed by atoms with Crippen molar-refractivity contribution in [3.63, 3.8) is 0 Å². The summed E-state index contributed by atoms with van der Waals surface area (Å²) in [5, 5.41) is 0. The maximum atomic E-state index is 11.7. The van der Waals surface area contributed by atoms with Crippen molar-refractivity contribution >= 4 is 10.0 Å². The van der Waals surface area contributed by atoms with E-state index in [0.717, 1.165) is 38.5 Å². The van der Waals surface area contributed by atoms with E-state index < -0.39 is 10.0 Å². The lowest BCUT2D eigenvalue weighted by Crippen LogP contribution is -2.41. The van der Waals surface area contributed by atoms with Crippen LogP contribution in [0.1, 0.15) is 76.7 Å². The predicted octanol–water partition coefficient (Wildman–Crippen LogP) is 4.86. The molecule has 0 aliphatic heterocycles. The molecule has 5 heteroatoms. The standard InChI is InChI=1S/C22H37NO3S/c1-4-5-7-12-22(23-27(3,24)25)18(2)17-26-21-15-13-20(14-16-21)19-10-8-6-9-11-19/h6,8-11,18,20-23H,4-5,7,12-17H2,1-3H3/t18-,20?,21?,22?/m0/s1. The average Bonchev–Trinajstić information content (AvgIpc) is 2.65. The highest BCUT2D eigenvalue weighted by atomic mass is 32.2. The maximum Gasteiger partial charge on any atom is 0.208 e. The fourth-order valence-corrected chi connectivity index (χ4v) is 4.94. The maximum absolute atomic E-state index is 11.7. The van der Waals surface area contributed by atoms with Crippen molar-refractivity contribution in [2.75, 3.05) is 12.9 Å². The van der Waals surface area contributed by atoms with Crippen LogP contribution in [0.15, 0.2) is 30.3 Å². The van der Waals surface area contributed by atoms with Crippen LogP contribution in [0, 0.1) is 5.92 Å². The van der Waals surface area contributed by atoms with Crippen molar-refractivity contribution in [1.82, 2.24) is 4.72 Å². The first-order chi connectivity index (χ1) is 12.9. The molecule has 1 aliphatic carbocycles. The zero-order valence-corrected chi connectivity index (χ0v) is 18.0. The SMILES string of the molecule is CCCCCC(NS(C)(=O)=O)[C@@H](C)COC1CCC(c2ccccc2)CC1. The van der Waals surface area contributed by atoms with Crippen molar-refractivity contribution in [2.24, 2.45) is 5.92 Å². The molecule has 0 aromatic heterocycles. The molecule has 1 aromatic rings. The van der Waals surface area contributed by atoms with Crippen LogP contribution >= 0.6 is 0 Å². The first-order valence-electron chi connectivity index (χ1n) is 10.5. The van der Waals surface area contributed by atoms with Gasteiger partial charge in [0.25, 0.3) is 0 Å². The van der Waals surface area contributed by atoms with Crippen molar-refractivity contribution in [1.29, 1.82) is 0 Å². The lowest BCUT2D eigenvalue weighted by Gasteiger charge is -2.31. The summed E-state index contributed by atoms with van der Waals surface area (Å²) in [6.45, 7) is 4.89. The second-order valence-corrected chi connectivity index (χ2v) is 9.97. The normalized spacial score (nSPS) is 23.1. The van der Waals surface area contributed by atoms with Crippen LogP contribution in [0.4, 0.5) is 0 Å². The number of rotatable bonds is 11. The molecular weight excluding hydrogens is 358 g/mol. The van der Waals surface area contributed by atoms with Gasteiger partial charge in [0.05, 0.1) is 19.0 Å². The van der Waals surface area contributed by atoms with Gasteiger partial charge in [-0.2, -0.15) is 0 Å². The van der Waals surface area contributed by atoms with Gasteiger partial charge in [0, 0.05) is 6.04 Å². The summed E-state index contributed by atoms with van der Waals surface area (Å²) in [4.78, 5) is 0. The molecule has 2 atom stereocenters. The predicted molar refractivity (Wildman–Crippen MR) is 112 cm³/mol. The van der Waals surface area contributed by atoms with Crippen LogP contribution in [-0.4, -0.2) is 33.4 Å². The third kappa shape index (κ3) is 8.32. The van der Waals surface area contributed by atoms with Gasteiger partial charge in [-0.1, -0.05) is 63.4 Å². The Labute approximate surface area is 166 Å². The van der Waals surface area contributed by atoms with Gasteiger partial charge >= 0.3 is 0 Å². The molecule has 1 fully saturated rings. The summed E-state index contributed by atoms with van der Waals surface area (Å²) in [7, 11) is -3.19. The third-order valence-electron chi connectivity index (χ3n) is 5.71. The van der Waals surface area contributed by atoms with Crippen molar-refractivity contribution in [2.45, 2.75) is 83.3 Å². The van der Waals surface area contributed by atoms with E-state index in [4.69, 9.17) is 4.74 Å². The molecule has 1 N–H and O–H groups in total. The Hall–Kier alpha value is -0.910. The summed E-state index contributed by atoms with van der Waals surface area (Å²) in [5.41, 5.74) is 1.44. The number of benzene rings is 1. The second kappa shape index (κ2) is 11.2. The van der Waals surface area contributed by atoms with Gasteiger partial charge in [-0.15, -0.1) is 0 Å². The van der Waals surface area contributed by atoms with Gasteiger partial charge in [-0.3, -0.25) is 0 Å². The molecule has 4 nitrogen and oxygen atoms in total. The fourth-order valence-electron chi connectivity index (χ4n) is 4.04. The van der Waals surface area contributed by atoms with Crippen LogP contribution in [0.3, 0.4) is 0 Å². The van der Waals surface area contributed by atoms with Gasteiger partial charge < -0.3 is 4.74 Å². The molecule has 0 bridgehead atoms. The van der Waals surface area contributed by atoms with Crippen LogP contribution in [-0.2, 0) is 14.8 Å². The highest BCUT2D eigenvalue weighted by molar-refractivity contribution is 7.88. The molecule has 0 saturated heterocycles. The van der Waals surface area contributed by atoms with Crippen LogP contribution in [0.5, 0.6) is 0 Å². The van der Waals surface area contributed by atoms with Gasteiger partial charge in [-0.25, -0.2) is 13.1 Å². The number of hydrogen-bond acceptors (Lipinski definition) is 3. The Morgan fingerprint density at radius 3 is 2.37 bits per heavy atom. The van der Waals surface area contributed by atoms with Crippen molar-refractivity contribution in [3.8, 4) is 0 Å². The van der Waals surface area contributed by atoms with Crippen LogP contribution in [0.25, 0.3) is 0 Å². The smallest absolute Gasteiger partial charge is 0.208 e. The summed E-state index contributed by atoms with van der Waals surface area (Å²) in [5.74, 6) is 0.834. The van der Waals surface area contributed by atoms with Gasteiger partial charge in [0.1, 0.15) is 0 Å². The summed E-state index contributed by atoms with van der Waals surface area (Å²) in [6.07, 6.45) is 10.3. The highest BCUT2D eigenvalue weighted by Gasteiger charge is 2.25. The van der Waals surface area contributed by atoms with Crippen LogP contribution in [0.2, 0.25) is 0 Å². The Kier molecular flexibility index (Phi) is 9.27. The van der Waals surface area contributed by atoms with Gasteiger partial charge in [0.2, 0.25) is 10.0 Å². The highest BCUT2D eigenvalue weighted by Crippen LogP contribution is 2.34. The Balaban J connectivity index is 1.78. The summed E-state index contributed by atoms with van der Waals surface area (Å²) < 4.78 is 32.4. The summed E-state index contributed by atoms with van der Waals surface area (Å²) >= 11 is 0. The van der Waals surface area contributed by atoms with Gasteiger partial charge in [0.15, 0.2) is 0 Å². The zero-order valence-electron chi connectivity index (χ0n) is 17.2. The van der Waals surface area contributed by atoms with E-state index >= 15 is 0 Å². The molecule has 1 aliphatic rings. The molecule has 1 saturated carbocycles. The van der Waals surface area contributed by atoms with E-state index in [9.17, 15) is 8.42 Å². The number of sulfonamides is 1. The first kappa shape index (κ1) is 22.4. The van der Waals surface area contributed by atoms with Gasteiger partial charge in [-0.05, 0) is 49.5 Å². The van der Waals surface area contributed by atoms with Crippen molar-refractivity contribution < 1.29 is 13.2 Å². The average molecular weight is 396 g/mol. The molecule has 2 rings (SSSR count). The topological polar surface area (TPSA) is 55.4 Å². The molecule has 1 aromatic carbocycles. The molecule has 27 heavy (non-hydrogen) atoms. The number of hydrogen-bond donors (Lipinski definition) is 1. The Bertz CT molecular complexity index is 624. The van der Waals surface area contributed by atoms with E-state index in [-0.39, 0.29) is 12.0 Å². The second-order valence-electron chi connectivity index (χ2n) is 8.19. The van der Waals surface area contributed by atoms with Crippen molar-refractivity contribution in [3.05, 3.63) is 35.9 Å². The number of unbranched alkanes of at least 4 members (excludes halogenated alkanes) is 2. The largest absolute Gasteiger partial charge is 0.378 e. The summed E-state index contributed by atoms with van der Waals surface area (Å²) in [6, 6.07) is 10.7. The van der Waals surface area contributed by atoms with E-state index in [0.29, 0.717) is 18.6 Å². The van der Waals surface area contributed by atoms with E-state index in [1.54, 1.807) is 0 Å². The molecule has 1 unspecified atom stereocenters. The molecule has 0 radical (unpaired) electrons. The molecule has 0 spiro atoms. The Morgan fingerprint density at radius 2 is 1.78 bits per heavy atom. The zero-order chi connectivity index (χ0) is 19.7. The monoisotopic (exact) mass is 395 g/mol. The quantitative estimate of drug-likeness (QED) is 0.544. The minimum atomic E-state index is -3.19. The van der Waals surface area contributed by atoms with E-state index in [2.05, 4.69) is 48.9 Å². The molecular formula is C22H37NO3S. The van der Waals surface area contributed by atoms with E-state index in [1.165, 1.54) is 24.7 Å². The van der Waals surface area contributed by atoms with E-state index in [1.807, 2.05) is 0 Å². The molecule has 0 amide bonds. The third-order valence-corrected chi connectivity index (χ3v) is 6.44. The lowest BCUT2D eigenvalue weighted by atomic mass is 9.83. The molecule has 154 valence electrons. The minimum Gasteiger partial charge on any atom is -0.378 e. The fraction of sp³-hybridized carbons (Fsp3) is 0.727. The Morgan fingerprint density at radius 1 is 1.11 bits per heavy atom. The molecule has 0 heterocycles. The number of nitrogens with one attached hydrogen (secondary N) is 1. The minimum absolute atomic E-state index is 0.0350. The lowest BCUT2D eigenvalue weighted by molar-refractivity contribution is 0.00203. The first-order valence-corrected chi connectivity index (χ1v) is 12.4. The van der Waals surface area contributed by atoms with Crippen LogP contribution < -0.4 is 4.72 Å². The number of ether oxygens (including phenoxy) is 1.